The molecule has 4 atom stereocenters. The van der Waals surface area contributed by atoms with Crippen molar-refractivity contribution in [1.82, 2.24) is 25.3 Å². The Balaban J connectivity index is 0.000000858. The lowest BCUT2D eigenvalue weighted by atomic mass is 9.72. The number of carboxylic acid groups (broad SMARTS) is 1. The number of likely N-dealkylation sites (tertiary alicyclic amines) is 1. The van der Waals surface area contributed by atoms with Crippen LogP contribution in [-0.2, 0) is 20.8 Å². The van der Waals surface area contributed by atoms with Gasteiger partial charge in [-0.05, 0) is 56.0 Å². The SMILES string of the molecule is CC(=O)NC[C@H]1[C@H]2C[C@H](CN(C(=O)CCCc3cn[nH]c3)C2)[C@@H]2CCCCN21.O=CO. The maximum atomic E-state index is 12.9. The molecule has 9 heteroatoms. The van der Waals surface area contributed by atoms with Gasteiger partial charge in [-0.2, -0.15) is 5.10 Å². The van der Waals surface area contributed by atoms with Gasteiger partial charge in [0.05, 0.1) is 6.20 Å². The molecule has 9 nitrogen and oxygen atoms in total. The summed E-state index contributed by atoms with van der Waals surface area (Å²) in [4.78, 5) is 37.6. The van der Waals surface area contributed by atoms with Crippen LogP contribution in [0.15, 0.2) is 12.4 Å². The van der Waals surface area contributed by atoms with E-state index in [4.69, 9.17) is 9.90 Å². The number of aromatic nitrogens is 2. The molecule has 2 bridgehead atoms. The number of carbonyl (C=O) groups is 3. The van der Waals surface area contributed by atoms with Crippen molar-refractivity contribution in [1.29, 1.82) is 0 Å². The molecular formula is C22H35N5O4. The topological polar surface area (TPSA) is 119 Å². The zero-order valence-electron chi connectivity index (χ0n) is 18.3. The largest absolute Gasteiger partial charge is 0.483 e. The number of aryl methyl sites for hydroxylation is 1. The second kappa shape index (κ2) is 11.3. The number of nitrogens with zero attached hydrogens (tertiary/aromatic N) is 3. The molecule has 1 aromatic rings. The van der Waals surface area contributed by atoms with Gasteiger partial charge in [-0.3, -0.25) is 24.4 Å². The van der Waals surface area contributed by atoms with Crippen molar-refractivity contribution in [3.63, 3.8) is 0 Å². The van der Waals surface area contributed by atoms with E-state index in [2.05, 4.69) is 25.3 Å². The third kappa shape index (κ3) is 6.06. The van der Waals surface area contributed by atoms with Crippen molar-refractivity contribution >= 4 is 18.3 Å². The molecule has 2 amide bonds. The fourth-order valence-corrected chi connectivity index (χ4v) is 5.66. The Morgan fingerprint density at radius 3 is 2.81 bits per heavy atom. The number of amides is 2. The van der Waals surface area contributed by atoms with Crippen LogP contribution in [0.4, 0.5) is 0 Å². The maximum Gasteiger partial charge on any atom is 0.290 e. The first kappa shape index (κ1) is 23.2. The zero-order valence-corrected chi connectivity index (χ0v) is 18.3. The molecule has 4 rings (SSSR count). The van der Waals surface area contributed by atoms with Crippen molar-refractivity contribution in [2.45, 2.75) is 64.0 Å². The average molecular weight is 434 g/mol. The van der Waals surface area contributed by atoms with Gasteiger partial charge in [0.1, 0.15) is 0 Å². The summed E-state index contributed by atoms with van der Waals surface area (Å²) in [6.45, 7) is 4.95. The summed E-state index contributed by atoms with van der Waals surface area (Å²) in [5.41, 5.74) is 1.16. The molecule has 0 aromatic carbocycles. The molecule has 3 aliphatic heterocycles. The fourth-order valence-electron chi connectivity index (χ4n) is 5.66. The predicted molar refractivity (Wildman–Crippen MR) is 115 cm³/mol. The van der Waals surface area contributed by atoms with Gasteiger partial charge in [0, 0.05) is 51.3 Å². The lowest BCUT2D eigenvalue weighted by Gasteiger charge is -2.56. The molecule has 172 valence electrons. The third-order valence-electron chi connectivity index (χ3n) is 6.95. The molecule has 0 unspecified atom stereocenters. The monoisotopic (exact) mass is 433 g/mol. The Morgan fingerprint density at radius 2 is 2.10 bits per heavy atom. The molecule has 31 heavy (non-hydrogen) atoms. The predicted octanol–water partition coefficient (Wildman–Crippen LogP) is 1.27. The highest BCUT2D eigenvalue weighted by Crippen LogP contribution is 2.41. The van der Waals surface area contributed by atoms with Gasteiger partial charge in [0.25, 0.3) is 6.47 Å². The van der Waals surface area contributed by atoms with Crippen molar-refractivity contribution in [3.8, 4) is 0 Å². The molecule has 0 spiro atoms. The molecule has 0 radical (unpaired) electrons. The third-order valence-corrected chi connectivity index (χ3v) is 6.95. The van der Waals surface area contributed by atoms with Crippen LogP contribution in [0.25, 0.3) is 0 Å². The molecule has 4 heterocycles. The summed E-state index contributed by atoms with van der Waals surface area (Å²) in [5, 5.41) is 16.7. The van der Waals surface area contributed by atoms with E-state index in [1.165, 1.54) is 25.7 Å². The van der Waals surface area contributed by atoms with Crippen molar-refractivity contribution in [3.05, 3.63) is 18.0 Å². The number of fused-ring (bicyclic) bond motifs is 4. The van der Waals surface area contributed by atoms with E-state index in [9.17, 15) is 9.59 Å². The van der Waals surface area contributed by atoms with Crippen LogP contribution in [-0.4, -0.2) is 81.7 Å². The first-order chi connectivity index (χ1) is 15.0. The molecule has 3 saturated heterocycles. The normalized spacial score (nSPS) is 27.5. The molecule has 1 aromatic heterocycles. The quantitative estimate of drug-likeness (QED) is 0.582. The van der Waals surface area contributed by atoms with Gasteiger partial charge in [-0.25, -0.2) is 0 Å². The standard InChI is InChI=1S/C21H33N5O2.CH2O2/c1-15(27)22-12-20-18-9-17(19-6-2-3-8-26(19)20)13-25(14-18)21(28)7-4-5-16-10-23-24-11-16;2-1-3/h10-11,17-20H,2-9,12-14H2,1H3,(H,22,27)(H,23,24);1H,(H,2,3)/t17-,18+,19+,20+;/m1./s1. The summed E-state index contributed by atoms with van der Waals surface area (Å²) in [5.74, 6) is 1.39. The van der Waals surface area contributed by atoms with Crippen molar-refractivity contribution in [2.24, 2.45) is 11.8 Å². The number of nitrogens with one attached hydrogen (secondary N) is 2. The Hall–Kier alpha value is -2.42. The average Bonchev–Trinajstić information content (AvgIpc) is 3.27. The highest BCUT2D eigenvalue weighted by atomic mass is 16.3. The Morgan fingerprint density at radius 1 is 1.32 bits per heavy atom. The highest BCUT2D eigenvalue weighted by molar-refractivity contribution is 5.76. The van der Waals surface area contributed by atoms with E-state index in [0.717, 1.165) is 38.0 Å². The van der Waals surface area contributed by atoms with E-state index in [1.807, 2.05) is 12.4 Å². The Kier molecular flexibility index (Phi) is 8.45. The van der Waals surface area contributed by atoms with Crippen LogP contribution in [0.5, 0.6) is 0 Å². The van der Waals surface area contributed by atoms with E-state index in [0.29, 0.717) is 42.8 Å². The second-order valence-electron chi connectivity index (χ2n) is 8.93. The number of rotatable bonds is 6. The summed E-state index contributed by atoms with van der Waals surface area (Å²) in [6, 6.07) is 0.942. The Bertz CT molecular complexity index is 725. The first-order valence-electron chi connectivity index (χ1n) is 11.4. The number of carbonyl (C=O) groups excluding carboxylic acids is 2. The van der Waals surface area contributed by atoms with Gasteiger partial charge in [0.2, 0.25) is 11.8 Å². The summed E-state index contributed by atoms with van der Waals surface area (Å²) in [6.07, 6.45) is 11.1. The van der Waals surface area contributed by atoms with Crippen LogP contribution in [0.3, 0.4) is 0 Å². The minimum Gasteiger partial charge on any atom is -0.483 e. The van der Waals surface area contributed by atoms with Crippen molar-refractivity contribution in [2.75, 3.05) is 26.2 Å². The number of aromatic amines is 1. The maximum absolute atomic E-state index is 12.9. The molecular weight excluding hydrogens is 398 g/mol. The van der Waals surface area contributed by atoms with Gasteiger partial charge in [0.15, 0.2) is 0 Å². The minimum atomic E-state index is -0.250. The summed E-state index contributed by atoms with van der Waals surface area (Å²) < 4.78 is 0. The molecule has 3 aliphatic rings. The number of hydrogen-bond donors (Lipinski definition) is 3. The van der Waals surface area contributed by atoms with Gasteiger partial charge in [-0.1, -0.05) is 6.42 Å². The van der Waals surface area contributed by atoms with Crippen LogP contribution in [0, 0.1) is 11.8 Å². The summed E-state index contributed by atoms with van der Waals surface area (Å²) in [7, 11) is 0. The molecule has 0 saturated carbocycles. The van der Waals surface area contributed by atoms with Crippen molar-refractivity contribution < 1.29 is 19.5 Å². The van der Waals surface area contributed by atoms with Crippen LogP contribution >= 0.6 is 0 Å². The van der Waals surface area contributed by atoms with E-state index < -0.39 is 0 Å². The lowest BCUT2D eigenvalue weighted by Crippen LogP contribution is -2.66. The second-order valence-corrected chi connectivity index (χ2v) is 8.93. The summed E-state index contributed by atoms with van der Waals surface area (Å²) >= 11 is 0. The minimum absolute atomic E-state index is 0.0404. The number of hydrogen-bond acceptors (Lipinski definition) is 5. The number of piperidine rings is 3. The molecule has 3 fully saturated rings. The van der Waals surface area contributed by atoms with Gasteiger partial charge < -0.3 is 15.3 Å². The van der Waals surface area contributed by atoms with Gasteiger partial charge in [-0.15, -0.1) is 0 Å². The fraction of sp³-hybridized carbons (Fsp3) is 0.727. The van der Waals surface area contributed by atoms with Crippen LogP contribution in [0.1, 0.15) is 51.0 Å². The van der Waals surface area contributed by atoms with Crippen LogP contribution < -0.4 is 5.32 Å². The number of H-pyrrole nitrogens is 1. The van der Waals surface area contributed by atoms with Crippen LogP contribution in [0.2, 0.25) is 0 Å². The van der Waals surface area contributed by atoms with E-state index in [1.54, 1.807) is 6.92 Å². The first-order valence-corrected chi connectivity index (χ1v) is 11.4. The van der Waals surface area contributed by atoms with Gasteiger partial charge >= 0.3 is 0 Å². The zero-order chi connectivity index (χ0) is 22.2. The smallest absolute Gasteiger partial charge is 0.290 e. The van der Waals surface area contributed by atoms with E-state index in [-0.39, 0.29) is 12.4 Å². The highest BCUT2D eigenvalue weighted by Gasteiger charge is 2.47. The molecule has 0 aliphatic carbocycles. The van der Waals surface area contributed by atoms with E-state index >= 15 is 0 Å². The Labute approximate surface area is 183 Å². The lowest BCUT2D eigenvalue weighted by molar-refractivity contribution is -0.141. The molecule has 3 N–H and O–H groups in total.